The van der Waals surface area contributed by atoms with E-state index in [2.05, 4.69) is 19.1 Å². The van der Waals surface area contributed by atoms with Crippen LogP contribution in [0, 0.1) is 5.41 Å². The van der Waals surface area contributed by atoms with Crippen LogP contribution in [0.1, 0.15) is 44.7 Å². The van der Waals surface area contributed by atoms with Gasteiger partial charge in [-0.25, -0.2) is 0 Å². The lowest BCUT2D eigenvalue weighted by Gasteiger charge is -2.31. The van der Waals surface area contributed by atoms with E-state index in [-0.39, 0.29) is 17.0 Å². The zero-order chi connectivity index (χ0) is 18.2. The van der Waals surface area contributed by atoms with Gasteiger partial charge in [0.1, 0.15) is 5.76 Å². The molecule has 0 atom stereocenters. The van der Waals surface area contributed by atoms with Crippen molar-refractivity contribution in [2.24, 2.45) is 5.41 Å². The first kappa shape index (κ1) is 17.8. The second-order valence-corrected chi connectivity index (χ2v) is 7.70. The number of benzene rings is 2. The Kier molecular flexibility index (Phi) is 4.75. The number of aliphatic hydroxyl groups excluding tert-OH is 1. The van der Waals surface area contributed by atoms with Crippen molar-refractivity contribution in [3.8, 4) is 11.1 Å². The van der Waals surface area contributed by atoms with Gasteiger partial charge in [-0.3, -0.25) is 4.79 Å². The van der Waals surface area contributed by atoms with Gasteiger partial charge in [0, 0.05) is 16.9 Å². The molecule has 0 radical (unpaired) electrons. The minimum atomic E-state index is -0.371. The van der Waals surface area contributed by atoms with Crippen LogP contribution in [0.4, 0.5) is 0 Å². The first-order chi connectivity index (χ1) is 11.8. The van der Waals surface area contributed by atoms with E-state index in [0.29, 0.717) is 23.4 Å². The third-order valence-electron chi connectivity index (χ3n) is 5.07. The number of carbonyl (C=O) groups is 1. The number of rotatable bonds is 3. The van der Waals surface area contributed by atoms with Crippen LogP contribution in [0.5, 0.6) is 0 Å². The van der Waals surface area contributed by atoms with Crippen molar-refractivity contribution in [3.05, 3.63) is 64.4 Å². The van der Waals surface area contributed by atoms with Crippen LogP contribution in [0.25, 0.3) is 16.7 Å². The summed E-state index contributed by atoms with van der Waals surface area (Å²) in [4.78, 5) is 12.6. The fourth-order valence-electron chi connectivity index (χ4n) is 3.36. The van der Waals surface area contributed by atoms with Gasteiger partial charge in [-0.05, 0) is 53.3 Å². The molecule has 0 saturated carbocycles. The molecule has 25 heavy (non-hydrogen) atoms. The zero-order valence-corrected chi connectivity index (χ0v) is 15.7. The average molecular weight is 355 g/mol. The van der Waals surface area contributed by atoms with Crippen molar-refractivity contribution in [1.29, 1.82) is 0 Å². The van der Waals surface area contributed by atoms with Gasteiger partial charge in [0.2, 0.25) is 0 Å². The molecule has 0 aliphatic heterocycles. The highest BCUT2D eigenvalue weighted by Gasteiger charge is 2.35. The smallest absolute Gasteiger partial charge is 0.166 e. The summed E-state index contributed by atoms with van der Waals surface area (Å²) in [6, 6.07) is 13.8. The number of hydrogen-bond acceptors (Lipinski definition) is 2. The summed E-state index contributed by atoms with van der Waals surface area (Å²) in [5.74, 6) is 0.242. The van der Waals surface area contributed by atoms with E-state index in [4.69, 9.17) is 11.6 Å². The van der Waals surface area contributed by atoms with E-state index in [1.54, 1.807) is 0 Å². The Balaban J connectivity index is 2.19. The van der Waals surface area contributed by atoms with Crippen LogP contribution in [0.15, 0.2) is 48.2 Å². The van der Waals surface area contributed by atoms with Crippen molar-refractivity contribution in [2.45, 2.75) is 40.0 Å². The highest BCUT2D eigenvalue weighted by Crippen LogP contribution is 2.42. The van der Waals surface area contributed by atoms with Crippen molar-refractivity contribution in [2.75, 3.05) is 0 Å². The number of allylic oxidation sites excluding steroid dienone is 2. The highest BCUT2D eigenvalue weighted by molar-refractivity contribution is 6.30. The Bertz CT molecular complexity index is 845. The van der Waals surface area contributed by atoms with Crippen molar-refractivity contribution < 1.29 is 9.90 Å². The summed E-state index contributed by atoms with van der Waals surface area (Å²) in [7, 11) is 0. The number of carbonyl (C=O) groups excluding carboxylic acids is 1. The van der Waals surface area contributed by atoms with Crippen LogP contribution in [0.3, 0.4) is 0 Å². The van der Waals surface area contributed by atoms with E-state index >= 15 is 0 Å². The minimum Gasteiger partial charge on any atom is -0.511 e. The first-order valence-electron chi connectivity index (χ1n) is 8.69. The number of ketones is 1. The monoisotopic (exact) mass is 354 g/mol. The topological polar surface area (TPSA) is 37.3 Å². The number of halogens is 1. The molecular weight excluding hydrogens is 332 g/mol. The zero-order valence-electron chi connectivity index (χ0n) is 14.9. The summed E-state index contributed by atoms with van der Waals surface area (Å²) in [6.07, 6.45) is 1.96. The van der Waals surface area contributed by atoms with E-state index in [1.165, 1.54) is 0 Å². The second-order valence-electron chi connectivity index (χ2n) is 7.26. The Labute approximate surface area is 154 Å². The SMILES string of the molecule is CCc1ccc(-c2ccc(Cl)cc2)cc1C1=C(O)C(C)(C)CCC1=O. The third kappa shape index (κ3) is 3.36. The van der Waals surface area contributed by atoms with Crippen LogP contribution in [0.2, 0.25) is 5.02 Å². The number of Topliss-reactive ketones (excluding diaryl/α,β-unsaturated/α-hetero) is 1. The van der Waals surface area contributed by atoms with Gasteiger partial charge in [0.15, 0.2) is 5.78 Å². The molecule has 0 fully saturated rings. The molecule has 130 valence electrons. The van der Waals surface area contributed by atoms with E-state index < -0.39 is 0 Å². The molecule has 0 bridgehead atoms. The van der Waals surface area contributed by atoms with E-state index in [9.17, 15) is 9.90 Å². The molecular formula is C22H23ClO2. The molecule has 3 heteroatoms. The molecule has 1 N–H and O–H groups in total. The molecule has 0 unspecified atom stereocenters. The quantitative estimate of drug-likeness (QED) is 0.709. The number of aliphatic hydroxyl groups is 1. The molecule has 0 aromatic heterocycles. The maximum atomic E-state index is 12.6. The summed E-state index contributed by atoms with van der Waals surface area (Å²) in [5, 5.41) is 11.5. The van der Waals surface area contributed by atoms with Crippen LogP contribution < -0.4 is 0 Å². The Morgan fingerprint density at radius 2 is 1.72 bits per heavy atom. The highest BCUT2D eigenvalue weighted by atomic mass is 35.5. The Hall–Kier alpha value is -2.06. The standard InChI is InChI=1S/C22H23ClO2/c1-4-14-5-6-16(15-7-9-17(23)10-8-15)13-18(14)20-19(24)11-12-22(2,3)21(20)25/h5-10,13,25H,4,11-12H2,1-3H3. The molecule has 3 rings (SSSR count). The lowest BCUT2D eigenvalue weighted by Crippen LogP contribution is -2.25. The van der Waals surface area contributed by atoms with Gasteiger partial charge in [0.05, 0.1) is 5.57 Å². The molecule has 0 amide bonds. The first-order valence-corrected chi connectivity index (χ1v) is 9.07. The molecule has 1 aliphatic carbocycles. The predicted molar refractivity (Wildman–Crippen MR) is 104 cm³/mol. The predicted octanol–water partition coefficient (Wildman–Crippen LogP) is 6.23. The average Bonchev–Trinajstić information content (AvgIpc) is 2.60. The maximum absolute atomic E-state index is 12.6. The fourth-order valence-corrected chi connectivity index (χ4v) is 3.48. The van der Waals surface area contributed by atoms with Crippen molar-refractivity contribution >= 4 is 23.0 Å². The van der Waals surface area contributed by atoms with Crippen molar-refractivity contribution in [1.82, 2.24) is 0 Å². The van der Waals surface area contributed by atoms with Crippen LogP contribution in [-0.2, 0) is 11.2 Å². The normalized spacial score (nSPS) is 17.0. The van der Waals surface area contributed by atoms with Gasteiger partial charge < -0.3 is 5.11 Å². The molecule has 1 aliphatic rings. The lowest BCUT2D eigenvalue weighted by atomic mass is 9.74. The number of hydrogen-bond donors (Lipinski definition) is 1. The molecule has 0 saturated heterocycles. The molecule has 2 nitrogen and oxygen atoms in total. The van der Waals surface area contributed by atoms with Crippen molar-refractivity contribution in [3.63, 3.8) is 0 Å². The van der Waals surface area contributed by atoms with Gasteiger partial charge >= 0.3 is 0 Å². The molecule has 2 aromatic rings. The maximum Gasteiger partial charge on any atom is 0.166 e. The van der Waals surface area contributed by atoms with Crippen LogP contribution in [-0.4, -0.2) is 10.9 Å². The Morgan fingerprint density at radius 3 is 2.36 bits per heavy atom. The minimum absolute atomic E-state index is 0.0276. The largest absolute Gasteiger partial charge is 0.511 e. The fraction of sp³-hybridized carbons (Fsp3) is 0.318. The van der Waals surface area contributed by atoms with E-state index in [1.807, 2.05) is 44.2 Å². The summed E-state index contributed by atoms with van der Waals surface area (Å²) < 4.78 is 0. The Morgan fingerprint density at radius 1 is 1.08 bits per heavy atom. The third-order valence-corrected chi connectivity index (χ3v) is 5.32. The van der Waals surface area contributed by atoms with Gasteiger partial charge in [-0.15, -0.1) is 0 Å². The number of aryl methyl sites for hydroxylation is 1. The second kappa shape index (κ2) is 6.68. The van der Waals surface area contributed by atoms with Gasteiger partial charge in [-0.2, -0.15) is 0 Å². The molecule has 0 heterocycles. The molecule has 0 spiro atoms. The van der Waals surface area contributed by atoms with Gasteiger partial charge in [-0.1, -0.05) is 56.6 Å². The summed E-state index contributed by atoms with van der Waals surface area (Å²) >= 11 is 5.98. The van der Waals surface area contributed by atoms with Gasteiger partial charge in [0.25, 0.3) is 0 Å². The summed E-state index contributed by atoms with van der Waals surface area (Å²) in [6.45, 7) is 6.05. The van der Waals surface area contributed by atoms with Crippen LogP contribution >= 0.6 is 11.6 Å². The lowest BCUT2D eigenvalue weighted by molar-refractivity contribution is -0.115. The summed E-state index contributed by atoms with van der Waals surface area (Å²) in [5.41, 5.74) is 4.10. The van der Waals surface area contributed by atoms with E-state index in [0.717, 1.165) is 28.7 Å². The molecule has 2 aromatic carbocycles.